The predicted molar refractivity (Wildman–Crippen MR) is 281 cm³/mol. The minimum atomic E-state index is 0. The van der Waals surface area contributed by atoms with Crippen molar-refractivity contribution in [2.24, 2.45) is 5.92 Å². The first kappa shape index (κ1) is 56.7. The van der Waals surface area contributed by atoms with E-state index < -0.39 is 0 Å². The summed E-state index contributed by atoms with van der Waals surface area (Å²) in [6.07, 6.45) is 23.8. The summed E-state index contributed by atoms with van der Waals surface area (Å²) in [5, 5.41) is 0. The standard InChI is InChI=1S/C13H22P2.C12H20P2.C12H16.C10H12.2C3H6.H2/c1-3-4-5-12-6-8-13(9-7-12)10-11-15-14-2;1-11(10-14-13-2)8-9-12-6-4-3-5-7-12;1-3-5-6-12-9-7-11(4-2)8-10-12;1-2-3-7-10-8-5-4-6-9-10;2*1-3-2;/h6-9,14-15H,3-5,10-11H2,1-2H3;3-7,11,13-14H,8-10H2,1-2H3;4,7-10H,2-3,5-6H2,1H3;2,4-6,8-9H,1,3,7H2;2*3H,1H2,2H3;1H. The molecule has 0 aromatic heterocycles. The maximum atomic E-state index is 3.72. The summed E-state index contributed by atoms with van der Waals surface area (Å²) in [6.45, 7) is 29.4. The van der Waals surface area contributed by atoms with Crippen LogP contribution in [0.1, 0.15) is 108 Å². The number of unbranched alkanes of at least 4 members (excludes halogenated alkanes) is 2. The van der Waals surface area contributed by atoms with Crippen molar-refractivity contribution in [3.63, 3.8) is 0 Å². The zero-order chi connectivity index (χ0) is 42.6. The lowest BCUT2D eigenvalue weighted by Gasteiger charge is -2.10. The second kappa shape index (κ2) is 44.7. The molecule has 0 spiro atoms. The van der Waals surface area contributed by atoms with Gasteiger partial charge in [0.25, 0.3) is 0 Å². The molecular formula is C53H84P4. The van der Waals surface area contributed by atoms with E-state index in [1.807, 2.05) is 32.1 Å². The Bertz CT molecular complexity index is 1430. The summed E-state index contributed by atoms with van der Waals surface area (Å²) < 4.78 is 0. The zero-order valence-electron chi connectivity index (χ0n) is 37.3. The smallest absolute Gasteiger partial charge is 0 e. The third-order valence-corrected chi connectivity index (χ3v) is 14.1. The van der Waals surface area contributed by atoms with Gasteiger partial charge in [-0.3, -0.25) is 0 Å². The molecule has 0 bridgehead atoms. The van der Waals surface area contributed by atoms with E-state index in [1.165, 1.54) is 120 Å². The van der Waals surface area contributed by atoms with Crippen LogP contribution in [0.5, 0.6) is 0 Å². The molecule has 5 atom stereocenters. The molecule has 0 amide bonds. The summed E-state index contributed by atoms with van der Waals surface area (Å²) in [7, 11) is 4.64. The molecule has 5 unspecified atom stereocenters. The predicted octanol–water partition coefficient (Wildman–Crippen LogP) is 17.7. The lowest BCUT2D eigenvalue weighted by Crippen LogP contribution is -1.98. The van der Waals surface area contributed by atoms with Crippen LogP contribution in [0.3, 0.4) is 0 Å². The average molecular weight is 845 g/mol. The van der Waals surface area contributed by atoms with E-state index in [2.05, 4.69) is 164 Å². The van der Waals surface area contributed by atoms with Crippen molar-refractivity contribution in [1.29, 1.82) is 0 Å². The van der Waals surface area contributed by atoms with Gasteiger partial charge in [-0.2, -0.15) is 0 Å². The molecule has 0 aliphatic rings. The van der Waals surface area contributed by atoms with Crippen LogP contribution in [-0.2, 0) is 32.1 Å². The third kappa shape index (κ3) is 37.6. The molecule has 0 heterocycles. The lowest BCUT2D eigenvalue weighted by molar-refractivity contribution is 0.595. The van der Waals surface area contributed by atoms with Crippen LogP contribution in [-0.4, -0.2) is 25.7 Å². The van der Waals surface area contributed by atoms with Crippen LogP contribution in [0.2, 0.25) is 0 Å². The monoisotopic (exact) mass is 845 g/mol. The first-order chi connectivity index (χ1) is 27.8. The first-order valence-electron chi connectivity index (χ1n) is 21.2. The van der Waals surface area contributed by atoms with E-state index in [0.717, 1.165) is 35.3 Å². The number of hydrogen-bond acceptors (Lipinski definition) is 0. The second-order valence-electron chi connectivity index (χ2n) is 13.8. The average Bonchev–Trinajstić information content (AvgIpc) is 3.25. The Labute approximate surface area is 362 Å². The van der Waals surface area contributed by atoms with Gasteiger partial charge in [0.1, 0.15) is 0 Å². The van der Waals surface area contributed by atoms with Crippen molar-refractivity contribution in [2.75, 3.05) is 25.7 Å². The highest BCUT2D eigenvalue weighted by Crippen LogP contribution is 2.35. The van der Waals surface area contributed by atoms with Crippen LogP contribution in [0.4, 0.5) is 0 Å². The zero-order valence-corrected chi connectivity index (χ0v) is 41.3. The fourth-order valence-electron chi connectivity index (χ4n) is 5.14. The van der Waals surface area contributed by atoms with Gasteiger partial charge in [0, 0.05) is 1.43 Å². The van der Waals surface area contributed by atoms with Gasteiger partial charge in [0.05, 0.1) is 0 Å². The minimum Gasteiger partial charge on any atom is -0.103 e. The number of benzene rings is 4. The fourth-order valence-corrected chi connectivity index (χ4v) is 9.34. The molecule has 0 saturated carbocycles. The van der Waals surface area contributed by atoms with Crippen LogP contribution >= 0.6 is 33.1 Å². The van der Waals surface area contributed by atoms with E-state index in [1.54, 1.807) is 12.2 Å². The number of rotatable bonds is 20. The molecule has 4 aromatic rings. The Morgan fingerprint density at radius 1 is 0.544 bits per heavy atom. The second-order valence-corrected chi connectivity index (χ2v) is 21.5. The van der Waals surface area contributed by atoms with Crippen LogP contribution < -0.4 is 0 Å². The molecule has 316 valence electrons. The van der Waals surface area contributed by atoms with E-state index in [4.69, 9.17) is 0 Å². The quantitative estimate of drug-likeness (QED) is 0.0472. The maximum absolute atomic E-state index is 3.72. The van der Waals surface area contributed by atoms with E-state index in [-0.39, 0.29) is 1.43 Å². The highest BCUT2D eigenvalue weighted by molar-refractivity contribution is 8.11. The van der Waals surface area contributed by atoms with Crippen LogP contribution in [0.25, 0.3) is 6.08 Å². The molecule has 0 nitrogen and oxygen atoms in total. The Balaban J connectivity index is -0.000000665. The Kier molecular flexibility index (Phi) is 44.4. The SMILES string of the molecule is C=CC.C=CC.C=CCCc1ccccc1.C=Cc1ccc(CCCC)cc1.CCCCc1ccc(CCPPC)cc1.CPPCC(C)CCc1ccccc1.[HH]. The third-order valence-electron chi connectivity index (χ3n) is 8.47. The van der Waals surface area contributed by atoms with Gasteiger partial charge in [-0.25, -0.2) is 0 Å². The molecule has 4 aromatic carbocycles. The van der Waals surface area contributed by atoms with E-state index in [0.29, 0.717) is 0 Å². The Morgan fingerprint density at radius 2 is 0.947 bits per heavy atom. The topological polar surface area (TPSA) is 0 Å². The maximum Gasteiger partial charge on any atom is 0 e. The van der Waals surface area contributed by atoms with Gasteiger partial charge in [-0.1, -0.05) is 190 Å². The Hall–Kier alpha value is -2.44. The Morgan fingerprint density at radius 3 is 1.35 bits per heavy atom. The summed E-state index contributed by atoms with van der Waals surface area (Å²) >= 11 is 0. The van der Waals surface area contributed by atoms with Crippen molar-refractivity contribution < 1.29 is 1.43 Å². The first-order valence-corrected chi connectivity index (χ1v) is 28.6. The summed E-state index contributed by atoms with van der Waals surface area (Å²) in [5.41, 5.74) is 8.53. The van der Waals surface area contributed by atoms with Gasteiger partial charge in [0.2, 0.25) is 0 Å². The molecule has 0 saturated heterocycles. The van der Waals surface area contributed by atoms with Crippen molar-refractivity contribution in [3.05, 3.63) is 187 Å². The molecule has 0 radical (unpaired) electrons. The number of aryl methyl sites for hydroxylation is 5. The summed E-state index contributed by atoms with van der Waals surface area (Å²) in [5.74, 6) is 0.904. The molecule has 0 N–H and O–H groups in total. The normalized spacial score (nSPS) is 10.9. The highest BCUT2D eigenvalue weighted by Gasteiger charge is 2.01. The van der Waals surface area contributed by atoms with Crippen molar-refractivity contribution >= 4 is 39.2 Å². The molecule has 4 rings (SSSR count). The summed E-state index contributed by atoms with van der Waals surface area (Å²) in [4.78, 5) is 0. The number of allylic oxidation sites excluding steroid dienone is 3. The highest BCUT2D eigenvalue weighted by atomic mass is 32.0. The van der Waals surface area contributed by atoms with Gasteiger partial charge >= 0.3 is 0 Å². The molecule has 0 aliphatic heterocycles. The largest absolute Gasteiger partial charge is 0.103 e. The van der Waals surface area contributed by atoms with Crippen molar-refractivity contribution in [1.82, 2.24) is 0 Å². The van der Waals surface area contributed by atoms with Gasteiger partial charge in [-0.15, -0.1) is 36.3 Å². The van der Waals surface area contributed by atoms with Gasteiger partial charge in [0.15, 0.2) is 0 Å². The molecule has 0 fully saturated rings. The van der Waals surface area contributed by atoms with Crippen LogP contribution in [0, 0.1) is 5.92 Å². The molecular weight excluding hydrogens is 760 g/mol. The molecule has 4 heteroatoms. The van der Waals surface area contributed by atoms with E-state index >= 15 is 0 Å². The summed E-state index contributed by atoms with van der Waals surface area (Å²) in [6, 6.07) is 39.1. The van der Waals surface area contributed by atoms with Crippen LogP contribution in [0.15, 0.2) is 154 Å². The minimum absolute atomic E-state index is 0. The van der Waals surface area contributed by atoms with Gasteiger partial charge < -0.3 is 0 Å². The lowest BCUT2D eigenvalue weighted by atomic mass is 10.0. The van der Waals surface area contributed by atoms with Gasteiger partial charge in [-0.05, 0) is 137 Å². The van der Waals surface area contributed by atoms with Crippen molar-refractivity contribution in [2.45, 2.75) is 105 Å². The fraction of sp³-hybridized carbons (Fsp3) is 0.396. The number of hydrogen-bond donors (Lipinski definition) is 0. The van der Waals surface area contributed by atoms with E-state index in [9.17, 15) is 0 Å². The molecule has 0 aliphatic carbocycles. The molecule has 57 heavy (non-hydrogen) atoms. The van der Waals surface area contributed by atoms with Crippen molar-refractivity contribution in [3.8, 4) is 0 Å².